The number of anilines is 1. The highest BCUT2D eigenvalue weighted by atomic mass is 35.5. The molecule has 3 heterocycles. The molecule has 1 atom stereocenters. The fourth-order valence-electron chi connectivity index (χ4n) is 5.03. The summed E-state index contributed by atoms with van der Waals surface area (Å²) in [6.45, 7) is 0. The molecule has 0 bridgehead atoms. The Hall–Kier alpha value is -4.90. The molecule has 0 saturated carbocycles. The number of carbonyl (C=O) groups excluding carboxylic acids is 2. The van der Waals surface area contributed by atoms with E-state index in [1.54, 1.807) is 42.5 Å². The Balaban J connectivity index is 1.26. The third kappa shape index (κ3) is 5.83. The van der Waals surface area contributed by atoms with Crippen LogP contribution in [0.25, 0.3) is 11.0 Å². The first kappa shape index (κ1) is 28.8. The Labute approximate surface area is 270 Å². The maximum atomic E-state index is 14.0. The number of thioether (sulfide) groups is 1. The standard InChI is InChI=1S/C34H22ClN3O5S2/c35-23-15-13-20(14-16-23)19-44-34-37-36-33(45-34)38-29(22-8-6-11-25(17-22)42-24-9-2-1-3-10-24)28(31(40)32(38)41)30(39)27-18-21-7-4-5-12-26(21)43-27/h1-18,29,40H,19H2. The van der Waals surface area contributed by atoms with E-state index in [0.717, 1.165) is 10.9 Å². The minimum absolute atomic E-state index is 0.00515. The van der Waals surface area contributed by atoms with Gasteiger partial charge in [-0.15, -0.1) is 10.2 Å². The maximum Gasteiger partial charge on any atom is 0.296 e. The lowest BCUT2D eigenvalue weighted by molar-refractivity contribution is -0.117. The second kappa shape index (κ2) is 12.2. The van der Waals surface area contributed by atoms with Crippen molar-refractivity contribution in [1.82, 2.24) is 10.2 Å². The number of Topliss-reactive ketones (excluding diaryl/α,β-unsaturated/α-hetero) is 1. The number of aromatic nitrogens is 2. The number of hydrogen-bond donors (Lipinski definition) is 1. The fraction of sp³-hybridized carbons (Fsp3) is 0.0588. The number of halogens is 1. The Morgan fingerprint density at radius 1 is 0.933 bits per heavy atom. The van der Waals surface area contributed by atoms with Gasteiger partial charge in [0.1, 0.15) is 17.1 Å². The molecule has 1 N–H and O–H groups in total. The number of amides is 1. The molecule has 0 saturated heterocycles. The number of ether oxygens (including phenoxy) is 1. The summed E-state index contributed by atoms with van der Waals surface area (Å²) in [4.78, 5) is 29.1. The van der Waals surface area contributed by atoms with Crippen molar-refractivity contribution in [3.8, 4) is 11.5 Å². The molecule has 222 valence electrons. The van der Waals surface area contributed by atoms with Crippen LogP contribution in [0.5, 0.6) is 11.5 Å². The smallest absolute Gasteiger partial charge is 0.296 e. The maximum absolute atomic E-state index is 14.0. The van der Waals surface area contributed by atoms with E-state index < -0.39 is 23.5 Å². The molecular formula is C34H22ClN3O5S2. The third-order valence-electron chi connectivity index (χ3n) is 7.13. The Kier molecular flexibility index (Phi) is 7.85. The summed E-state index contributed by atoms with van der Waals surface area (Å²) in [5, 5.41) is 21.5. The summed E-state index contributed by atoms with van der Waals surface area (Å²) in [6, 6.07) is 31.6. The van der Waals surface area contributed by atoms with E-state index in [1.807, 2.05) is 66.7 Å². The summed E-state index contributed by atoms with van der Waals surface area (Å²) >= 11 is 8.66. The number of aliphatic hydroxyl groups excluding tert-OH is 1. The zero-order valence-corrected chi connectivity index (χ0v) is 25.7. The molecular weight excluding hydrogens is 630 g/mol. The number of hydrogen-bond acceptors (Lipinski definition) is 9. The summed E-state index contributed by atoms with van der Waals surface area (Å²) in [7, 11) is 0. The monoisotopic (exact) mass is 651 g/mol. The van der Waals surface area contributed by atoms with Gasteiger partial charge in [0, 0.05) is 16.2 Å². The number of nitrogens with zero attached hydrogens (tertiary/aromatic N) is 3. The van der Waals surface area contributed by atoms with Crippen LogP contribution in [0.4, 0.5) is 5.13 Å². The average Bonchev–Trinajstić information content (AvgIpc) is 3.77. The molecule has 0 aliphatic carbocycles. The summed E-state index contributed by atoms with van der Waals surface area (Å²) in [5.41, 5.74) is 1.97. The van der Waals surface area contributed by atoms with Crippen LogP contribution < -0.4 is 9.64 Å². The minimum Gasteiger partial charge on any atom is -0.503 e. The first-order chi connectivity index (χ1) is 21.9. The van der Waals surface area contributed by atoms with Crippen LogP contribution in [0.1, 0.15) is 27.7 Å². The lowest BCUT2D eigenvalue weighted by Gasteiger charge is -2.24. The molecule has 8 nitrogen and oxygen atoms in total. The molecule has 0 radical (unpaired) electrons. The normalized spacial score (nSPS) is 14.8. The molecule has 45 heavy (non-hydrogen) atoms. The molecule has 1 aliphatic heterocycles. The molecule has 1 aliphatic rings. The number of para-hydroxylation sites is 2. The quantitative estimate of drug-likeness (QED) is 0.0939. The van der Waals surface area contributed by atoms with E-state index in [4.69, 9.17) is 20.8 Å². The SMILES string of the molecule is O=C(C1=C(O)C(=O)N(c2nnc(SCc3ccc(Cl)cc3)s2)C1c1cccc(Oc2ccccc2)c1)c1cc2ccccc2o1. The number of aliphatic hydroxyl groups is 1. The van der Waals surface area contributed by atoms with Crippen LogP contribution in [-0.2, 0) is 10.5 Å². The van der Waals surface area contributed by atoms with Gasteiger partial charge >= 0.3 is 0 Å². The number of carbonyl (C=O) groups is 2. The Morgan fingerprint density at radius 2 is 1.69 bits per heavy atom. The van der Waals surface area contributed by atoms with Crippen LogP contribution in [0.2, 0.25) is 5.02 Å². The topological polar surface area (TPSA) is 106 Å². The van der Waals surface area contributed by atoms with E-state index >= 15 is 0 Å². The predicted molar refractivity (Wildman–Crippen MR) is 174 cm³/mol. The lowest BCUT2D eigenvalue weighted by Crippen LogP contribution is -2.31. The van der Waals surface area contributed by atoms with Gasteiger partial charge < -0.3 is 14.3 Å². The van der Waals surface area contributed by atoms with Crippen LogP contribution in [0, 0.1) is 0 Å². The minimum atomic E-state index is -1.03. The number of rotatable bonds is 9. The van der Waals surface area contributed by atoms with Crippen molar-refractivity contribution in [3.05, 3.63) is 142 Å². The van der Waals surface area contributed by atoms with E-state index in [2.05, 4.69) is 10.2 Å². The number of ketones is 1. The van der Waals surface area contributed by atoms with E-state index in [1.165, 1.54) is 28.0 Å². The second-order valence-corrected chi connectivity index (χ2v) is 12.7. The van der Waals surface area contributed by atoms with E-state index in [0.29, 0.717) is 37.8 Å². The van der Waals surface area contributed by atoms with Gasteiger partial charge in [-0.25, -0.2) is 0 Å². The molecule has 1 amide bonds. The zero-order valence-electron chi connectivity index (χ0n) is 23.3. The van der Waals surface area contributed by atoms with Crippen LogP contribution in [0.3, 0.4) is 0 Å². The van der Waals surface area contributed by atoms with Gasteiger partial charge in [-0.2, -0.15) is 0 Å². The molecule has 4 aromatic carbocycles. The van der Waals surface area contributed by atoms with Crippen molar-refractivity contribution < 1.29 is 23.8 Å². The zero-order chi connectivity index (χ0) is 30.9. The molecule has 2 aromatic heterocycles. The summed E-state index contributed by atoms with van der Waals surface area (Å²) in [6.07, 6.45) is 0. The molecule has 1 unspecified atom stereocenters. The van der Waals surface area contributed by atoms with Crippen molar-refractivity contribution in [2.45, 2.75) is 16.1 Å². The van der Waals surface area contributed by atoms with Crippen LogP contribution in [-0.4, -0.2) is 27.0 Å². The van der Waals surface area contributed by atoms with Gasteiger partial charge in [-0.3, -0.25) is 14.5 Å². The van der Waals surface area contributed by atoms with Gasteiger partial charge in [0.05, 0.1) is 11.6 Å². The van der Waals surface area contributed by atoms with E-state index in [9.17, 15) is 14.7 Å². The first-order valence-corrected chi connectivity index (χ1v) is 16.0. The summed E-state index contributed by atoms with van der Waals surface area (Å²) < 4.78 is 12.5. The lowest BCUT2D eigenvalue weighted by atomic mass is 9.95. The number of benzene rings is 4. The molecule has 0 spiro atoms. The molecule has 0 fully saturated rings. The highest BCUT2D eigenvalue weighted by molar-refractivity contribution is 8.00. The number of fused-ring (bicyclic) bond motifs is 1. The van der Waals surface area contributed by atoms with Crippen molar-refractivity contribution >= 4 is 62.5 Å². The molecule has 11 heteroatoms. The average molecular weight is 652 g/mol. The highest BCUT2D eigenvalue weighted by Gasteiger charge is 2.47. The van der Waals surface area contributed by atoms with Gasteiger partial charge in [0.15, 0.2) is 15.9 Å². The number of furan rings is 1. The van der Waals surface area contributed by atoms with Gasteiger partial charge in [-0.05, 0) is 59.7 Å². The predicted octanol–water partition coefficient (Wildman–Crippen LogP) is 8.81. The highest BCUT2D eigenvalue weighted by Crippen LogP contribution is 2.45. The fourth-order valence-corrected chi connectivity index (χ4v) is 6.98. The first-order valence-electron chi connectivity index (χ1n) is 13.8. The van der Waals surface area contributed by atoms with Crippen molar-refractivity contribution in [1.29, 1.82) is 0 Å². The van der Waals surface area contributed by atoms with Gasteiger partial charge in [0.2, 0.25) is 10.9 Å². The van der Waals surface area contributed by atoms with Crippen molar-refractivity contribution in [2.75, 3.05) is 4.90 Å². The Bertz CT molecular complexity index is 2040. The second-order valence-electron chi connectivity index (χ2n) is 10.1. The van der Waals surface area contributed by atoms with Gasteiger partial charge in [0.25, 0.3) is 5.91 Å². The third-order valence-corrected chi connectivity index (χ3v) is 9.51. The Morgan fingerprint density at radius 3 is 2.49 bits per heavy atom. The van der Waals surface area contributed by atoms with Gasteiger partial charge in [-0.1, -0.05) is 95.4 Å². The van der Waals surface area contributed by atoms with Crippen molar-refractivity contribution in [2.24, 2.45) is 0 Å². The van der Waals surface area contributed by atoms with E-state index in [-0.39, 0.29) is 16.5 Å². The van der Waals surface area contributed by atoms with Crippen LogP contribution >= 0.6 is 34.7 Å². The largest absolute Gasteiger partial charge is 0.503 e. The molecule has 6 aromatic rings. The van der Waals surface area contributed by atoms with Crippen LogP contribution in [0.15, 0.2) is 129 Å². The van der Waals surface area contributed by atoms with Crippen molar-refractivity contribution in [3.63, 3.8) is 0 Å². The summed E-state index contributed by atoms with van der Waals surface area (Å²) in [5.74, 6) is -0.320. The molecule has 7 rings (SSSR count).